The Morgan fingerprint density at radius 3 is 2.16 bits per heavy atom. The Morgan fingerprint density at radius 2 is 1.72 bits per heavy atom. The second-order valence-electron chi connectivity index (χ2n) is 6.48. The first-order valence-corrected chi connectivity index (χ1v) is 7.94. The Labute approximate surface area is 146 Å². The van der Waals surface area contributed by atoms with E-state index in [1.807, 2.05) is 0 Å². The van der Waals surface area contributed by atoms with Crippen LogP contribution in [0.25, 0.3) is 0 Å². The number of carbonyl (C=O) groups is 3. The van der Waals surface area contributed by atoms with E-state index in [1.165, 1.54) is 19.1 Å². The number of rotatable bonds is 6. The number of amides is 1. The van der Waals surface area contributed by atoms with Crippen LogP contribution in [-0.4, -0.2) is 35.7 Å². The molecule has 1 N–H and O–H groups in total. The number of alkyl carbamates (subject to hydrolysis) is 1. The highest BCUT2D eigenvalue weighted by Crippen LogP contribution is 2.33. The predicted molar refractivity (Wildman–Crippen MR) is 89.7 cm³/mol. The molecule has 6 nitrogen and oxygen atoms in total. The van der Waals surface area contributed by atoms with Crippen molar-refractivity contribution in [1.82, 2.24) is 5.32 Å². The Kier molecular flexibility index (Phi) is 6.67. The van der Waals surface area contributed by atoms with Gasteiger partial charge in [-0.05, 0) is 40.2 Å². The lowest BCUT2D eigenvalue weighted by molar-refractivity contribution is -0.164. The Morgan fingerprint density at radius 1 is 1.16 bits per heavy atom. The summed E-state index contributed by atoms with van der Waals surface area (Å²) in [6, 6.07) is 6.30. The number of Topliss-reactive ketones (excluding diaryl/α,β-unsaturated/α-hetero) is 1. The number of ether oxygens (including phenoxy) is 2. The largest absolute Gasteiger partial charge is 0.463 e. The molecule has 138 valence electrons. The summed E-state index contributed by atoms with van der Waals surface area (Å²) in [6.07, 6.45) is -0.950. The lowest BCUT2D eigenvalue weighted by Gasteiger charge is -2.31. The number of halogens is 1. The van der Waals surface area contributed by atoms with Crippen molar-refractivity contribution in [3.63, 3.8) is 0 Å². The number of alkyl halides is 1. The Balaban J connectivity index is 3.31. The van der Waals surface area contributed by atoms with Gasteiger partial charge in [-0.15, -0.1) is 0 Å². The number of carbonyl (C=O) groups excluding carboxylic acids is 3. The summed E-state index contributed by atoms with van der Waals surface area (Å²) < 4.78 is 25.4. The van der Waals surface area contributed by atoms with Crippen molar-refractivity contribution >= 4 is 17.8 Å². The van der Waals surface area contributed by atoms with Gasteiger partial charge in [0.05, 0.1) is 6.61 Å². The summed E-state index contributed by atoms with van der Waals surface area (Å²) in [4.78, 5) is 36.3. The van der Waals surface area contributed by atoms with Crippen molar-refractivity contribution in [3.8, 4) is 0 Å². The van der Waals surface area contributed by atoms with Crippen LogP contribution in [0, 0.1) is 0 Å². The van der Waals surface area contributed by atoms with E-state index in [-0.39, 0.29) is 12.2 Å². The van der Waals surface area contributed by atoms with E-state index in [0.717, 1.165) is 6.92 Å². The molecule has 0 aliphatic rings. The van der Waals surface area contributed by atoms with Crippen LogP contribution >= 0.6 is 0 Å². The van der Waals surface area contributed by atoms with E-state index in [4.69, 9.17) is 9.47 Å². The molecule has 0 saturated heterocycles. The van der Waals surface area contributed by atoms with Gasteiger partial charge in [-0.1, -0.05) is 30.3 Å². The quantitative estimate of drug-likeness (QED) is 0.628. The van der Waals surface area contributed by atoms with E-state index in [9.17, 15) is 14.4 Å². The van der Waals surface area contributed by atoms with Crippen molar-refractivity contribution in [2.45, 2.75) is 51.9 Å². The van der Waals surface area contributed by atoms with E-state index in [1.54, 1.807) is 39.0 Å². The number of ketones is 1. The van der Waals surface area contributed by atoms with Gasteiger partial charge in [0.25, 0.3) is 5.67 Å². The van der Waals surface area contributed by atoms with Crippen LogP contribution in [0.1, 0.15) is 46.2 Å². The van der Waals surface area contributed by atoms with Gasteiger partial charge in [0.15, 0.2) is 5.78 Å². The molecule has 2 atom stereocenters. The summed E-state index contributed by atoms with van der Waals surface area (Å²) in [6.45, 7) is 7.25. The number of esters is 1. The fraction of sp³-hybridized carbons (Fsp3) is 0.500. The van der Waals surface area contributed by atoms with Crippen molar-refractivity contribution < 1.29 is 28.2 Å². The SMILES string of the molecule is CCOC(=O)[C@@](F)(C(C)=O)[C@H](NC(=O)OC(C)(C)C)c1ccccc1. The maximum atomic E-state index is 15.5. The predicted octanol–water partition coefficient (Wildman–Crippen LogP) is 3.11. The molecule has 0 bridgehead atoms. The van der Waals surface area contributed by atoms with Crippen LogP contribution in [0.15, 0.2) is 30.3 Å². The van der Waals surface area contributed by atoms with Crippen LogP contribution in [0.4, 0.5) is 9.18 Å². The molecule has 1 rings (SSSR count). The molecule has 0 radical (unpaired) electrons. The zero-order valence-electron chi connectivity index (χ0n) is 15.1. The van der Waals surface area contributed by atoms with E-state index in [2.05, 4.69) is 5.32 Å². The molecule has 0 fully saturated rings. The van der Waals surface area contributed by atoms with Crippen LogP contribution in [0.2, 0.25) is 0 Å². The fourth-order valence-corrected chi connectivity index (χ4v) is 2.18. The molecule has 0 aliphatic heterocycles. The summed E-state index contributed by atoms with van der Waals surface area (Å²) >= 11 is 0. The summed E-state index contributed by atoms with van der Waals surface area (Å²) in [5, 5.41) is 2.29. The number of nitrogens with one attached hydrogen (secondary N) is 1. The molecule has 0 heterocycles. The van der Waals surface area contributed by atoms with Crippen LogP contribution in [0.3, 0.4) is 0 Å². The third-order valence-electron chi connectivity index (χ3n) is 3.28. The minimum atomic E-state index is -3.08. The number of benzene rings is 1. The number of hydrogen-bond donors (Lipinski definition) is 1. The van der Waals surface area contributed by atoms with Crippen molar-refractivity contribution in [1.29, 1.82) is 0 Å². The third kappa shape index (κ3) is 5.27. The maximum absolute atomic E-state index is 15.5. The molecule has 0 unspecified atom stereocenters. The minimum absolute atomic E-state index is 0.105. The smallest absolute Gasteiger partial charge is 0.408 e. The number of hydrogen-bond acceptors (Lipinski definition) is 5. The van der Waals surface area contributed by atoms with E-state index in [0.29, 0.717) is 0 Å². The van der Waals surface area contributed by atoms with Gasteiger partial charge >= 0.3 is 12.1 Å². The standard InChI is InChI=1S/C18H24FNO5/c1-6-24-15(22)18(19,12(2)21)14(13-10-8-7-9-11-13)20-16(23)25-17(3,4)5/h7-11,14H,6H2,1-5H3,(H,20,23)/t14-,18-/m1/s1. The molecule has 25 heavy (non-hydrogen) atoms. The molecule has 7 heteroatoms. The molecule has 1 aromatic carbocycles. The third-order valence-corrected chi connectivity index (χ3v) is 3.28. The maximum Gasteiger partial charge on any atom is 0.408 e. The lowest BCUT2D eigenvalue weighted by Crippen LogP contribution is -2.54. The van der Waals surface area contributed by atoms with Gasteiger partial charge in [-0.2, -0.15) is 0 Å². The van der Waals surface area contributed by atoms with Crippen LogP contribution < -0.4 is 5.32 Å². The normalized spacial score (nSPS) is 14.8. The van der Waals surface area contributed by atoms with E-state index < -0.39 is 35.2 Å². The molecule has 1 amide bonds. The fourth-order valence-electron chi connectivity index (χ4n) is 2.18. The van der Waals surface area contributed by atoms with Crippen molar-refractivity contribution in [2.75, 3.05) is 6.61 Å². The molecule has 0 aromatic heterocycles. The van der Waals surface area contributed by atoms with Crippen LogP contribution in [0.5, 0.6) is 0 Å². The van der Waals surface area contributed by atoms with Crippen LogP contribution in [-0.2, 0) is 19.1 Å². The highest BCUT2D eigenvalue weighted by atomic mass is 19.1. The second kappa shape index (κ2) is 8.09. The highest BCUT2D eigenvalue weighted by molar-refractivity contribution is 6.07. The molecule has 0 saturated carbocycles. The lowest BCUT2D eigenvalue weighted by atomic mass is 9.87. The molecular formula is C18H24FNO5. The summed E-state index contributed by atoms with van der Waals surface area (Å²) in [5.74, 6) is -2.43. The minimum Gasteiger partial charge on any atom is -0.463 e. The highest BCUT2D eigenvalue weighted by Gasteiger charge is 2.54. The first-order valence-electron chi connectivity index (χ1n) is 7.94. The van der Waals surface area contributed by atoms with Gasteiger partial charge in [0.2, 0.25) is 0 Å². The van der Waals surface area contributed by atoms with Crippen molar-refractivity contribution in [2.24, 2.45) is 0 Å². The van der Waals surface area contributed by atoms with Gasteiger partial charge in [0, 0.05) is 0 Å². The van der Waals surface area contributed by atoms with Gasteiger partial charge in [0.1, 0.15) is 11.6 Å². The molecule has 1 aromatic rings. The molecule has 0 aliphatic carbocycles. The second-order valence-corrected chi connectivity index (χ2v) is 6.48. The zero-order chi connectivity index (χ0) is 19.3. The first kappa shape index (κ1) is 20.6. The first-order chi connectivity index (χ1) is 11.5. The zero-order valence-corrected chi connectivity index (χ0v) is 15.1. The summed E-state index contributed by atoms with van der Waals surface area (Å²) in [5.41, 5.74) is -3.67. The Hall–Kier alpha value is -2.44. The molecular weight excluding hydrogens is 329 g/mol. The van der Waals surface area contributed by atoms with Crippen molar-refractivity contribution in [3.05, 3.63) is 35.9 Å². The van der Waals surface area contributed by atoms with E-state index >= 15 is 4.39 Å². The monoisotopic (exact) mass is 353 g/mol. The van der Waals surface area contributed by atoms with Gasteiger partial charge < -0.3 is 14.8 Å². The van der Waals surface area contributed by atoms with Gasteiger partial charge in [-0.3, -0.25) is 4.79 Å². The average molecular weight is 353 g/mol. The van der Waals surface area contributed by atoms with Gasteiger partial charge in [-0.25, -0.2) is 14.0 Å². The average Bonchev–Trinajstić information content (AvgIpc) is 2.51. The summed E-state index contributed by atoms with van der Waals surface area (Å²) in [7, 11) is 0. The Bertz CT molecular complexity index is 626. The molecule has 0 spiro atoms. The topological polar surface area (TPSA) is 81.7 Å².